The normalized spacial score (nSPS) is 15.0. The lowest BCUT2D eigenvalue weighted by atomic mass is 9.90. The van der Waals surface area contributed by atoms with Crippen LogP contribution in [0, 0.1) is 0 Å². The quantitative estimate of drug-likeness (QED) is 0.594. The monoisotopic (exact) mass is 437 g/mol. The Hall–Kier alpha value is -3.39. The largest absolute Gasteiger partial charge is 0.497 e. The molecule has 2 N–H and O–H groups in total. The standard InChI is InChI=1S/C23H23N3O4S/c1-29-16-10-6-14(7-11-16)21(27)26-23-25-20-18(4-3-5-19(20)31-23)22(28)24-15-8-12-17(30-2)13-9-15/h6-13,18H,3-5H2,1-2H3,(H,24,28)(H,25,26,27). The van der Waals surface area contributed by atoms with Crippen molar-refractivity contribution < 1.29 is 19.1 Å². The van der Waals surface area contributed by atoms with Crippen LogP contribution in [0.1, 0.15) is 39.7 Å². The summed E-state index contributed by atoms with van der Waals surface area (Å²) in [6.45, 7) is 0. The minimum absolute atomic E-state index is 0.0931. The molecule has 1 heterocycles. The summed E-state index contributed by atoms with van der Waals surface area (Å²) in [7, 11) is 3.18. The summed E-state index contributed by atoms with van der Waals surface area (Å²) in [5.41, 5.74) is 1.98. The number of carbonyl (C=O) groups excluding carboxylic acids is 2. The average Bonchev–Trinajstić information content (AvgIpc) is 3.22. The lowest BCUT2D eigenvalue weighted by Crippen LogP contribution is -2.24. The lowest BCUT2D eigenvalue weighted by molar-refractivity contribution is -0.117. The van der Waals surface area contributed by atoms with Crippen LogP contribution in [0.25, 0.3) is 0 Å². The van der Waals surface area contributed by atoms with E-state index in [1.165, 1.54) is 11.3 Å². The number of amides is 2. The van der Waals surface area contributed by atoms with Crippen molar-refractivity contribution in [3.05, 3.63) is 64.7 Å². The van der Waals surface area contributed by atoms with E-state index in [0.717, 1.165) is 35.6 Å². The highest BCUT2D eigenvalue weighted by Gasteiger charge is 2.30. The van der Waals surface area contributed by atoms with Crippen LogP contribution >= 0.6 is 11.3 Å². The average molecular weight is 438 g/mol. The van der Waals surface area contributed by atoms with Crippen LogP contribution in [-0.4, -0.2) is 31.0 Å². The maximum atomic E-state index is 12.9. The lowest BCUT2D eigenvalue weighted by Gasteiger charge is -2.20. The number of thiazole rings is 1. The second kappa shape index (κ2) is 9.18. The van der Waals surface area contributed by atoms with Gasteiger partial charge in [-0.15, -0.1) is 11.3 Å². The first-order valence-electron chi connectivity index (χ1n) is 9.97. The molecule has 0 aliphatic heterocycles. The molecule has 1 aliphatic rings. The number of nitrogens with zero attached hydrogens (tertiary/aromatic N) is 1. The first-order valence-corrected chi connectivity index (χ1v) is 10.8. The Morgan fingerprint density at radius 1 is 0.968 bits per heavy atom. The first-order chi connectivity index (χ1) is 15.1. The number of methoxy groups -OCH3 is 2. The van der Waals surface area contributed by atoms with E-state index in [4.69, 9.17) is 9.47 Å². The molecule has 31 heavy (non-hydrogen) atoms. The van der Waals surface area contributed by atoms with Crippen molar-refractivity contribution in [1.82, 2.24) is 4.98 Å². The third-order valence-electron chi connectivity index (χ3n) is 5.20. The number of fused-ring (bicyclic) bond motifs is 1. The SMILES string of the molecule is COc1ccc(NC(=O)C2CCCc3sc(NC(=O)c4ccc(OC)cc4)nc32)cc1. The summed E-state index contributed by atoms with van der Waals surface area (Å²) in [4.78, 5) is 31.1. The van der Waals surface area contributed by atoms with E-state index in [2.05, 4.69) is 15.6 Å². The Balaban J connectivity index is 1.47. The zero-order valence-electron chi connectivity index (χ0n) is 17.3. The van der Waals surface area contributed by atoms with Crippen LogP contribution in [0.3, 0.4) is 0 Å². The number of rotatable bonds is 6. The number of hydrogen-bond acceptors (Lipinski definition) is 6. The van der Waals surface area contributed by atoms with E-state index in [-0.39, 0.29) is 17.7 Å². The number of anilines is 2. The van der Waals surface area contributed by atoms with Gasteiger partial charge in [-0.25, -0.2) is 4.98 Å². The predicted octanol–water partition coefficient (Wildman–Crippen LogP) is 4.47. The molecule has 0 radical (unpaired) electrons. The van der Waals surface area contributed by atoms with Gasteiger partial charge in [0.1, 0.15) is 11.5 Å². The fourth-order valence-electron chi connectivity index (χ4n) is 3.54. The zero-order chi connectivity index (χ0) is 21.8. The molecule has 1 aromatic heterocycles. The van der Waals surface area contributed by atoms with Crippen LogP contribution < -0.4 is 20.1 Å². The van der Waals surface area contributed by atoms with Crippen molar-refractivity contribution >= 4 is 34.0 Å². The van der Waals surface area contributed by atoms with Gasteiger partial charge in [-0.05, 0) is 67.8 Å². The van der Waals surface area contributed by atoms with E-state index in [0.29, 0.717) is 22.1 Å². The molecule has 0 saturated heterocycles. The molecule has 8 heteroatoms. The zero-order valence-corrected chi connectivity index (χ0v) is 18.1. The summed E-state index contributed by atoms with van der Waals surface area (Å²) in [5.74, 6) is 0.743. The fraction of sp³-hybridized carbons (Fsp3) is 0.261. The molecule has 0 spiro atoms. The molecular weight excluding hydrogens is 414 g/mol. The maximum Gasteiger partial charge on any atom is 0.257 e. The molecule has 1 aliphatic carbocycles. The molecule has 1 atom stereocenters. The number of aromatic nitrogens is 1. The number of aryl methyl sites for hydroxylation is 1. The van der Waals surface area contributed by atoms with Gasteiger partial charge in [-0.3, -0.25) is 14.9 Å². The summed E-state index contributed by atoms with van der Waals surface area (Å²) >= 11 is 1.43. The van der Waals surface area contributed by atoms with E-state index in [9.17, 15) is 9.59 Å². The van der Waals surface area contributed by atoms with Crippen molar-refractivity contribution in [2.45, 2.75) is 25.2 Å². The van der Waals surface area contributed by atoms with Gasteiger partial charge in [0.15, 0.2) is 5.13 Å². The van der Waals surface area contributed by atoms with E-state index >= 15 is 0 Å². The summed E-state index contributed by atoms with van der Waals surface area (Å²) < 4.78 is 10.3. The van der Waals surface area contributed by atoms with Crippen molar-refractivity contribution in [3.63, 3.8) is 0 Å². The number of nitrogens with one attached hydrogen (secondary N) is 2. The number of hydrogen-bond donors (Lipinski definition) is 2. The number of carbonyl (C=O) groups is 2. The second-order valence-electron chi connectivity index (χ2n) is 7.17. The Morgan fingerprint density at radius 2 is 1.61 bits per heavy atom. The first kappa shape index (κ1) is 20.9. The van der Waals surface area contributed by atoms with Crippen molar-refractivity contribution in [2.75, 3.05) is 24.9 Å². The maximum absolute atomic E-state index is 12.9. The van der Waals surface area contributed by atoms with Crippen LogP contribution in [-0.2, 0) is 11.2 Å². The topological polar surface area (TPSA) is 89.6 Å². The van der Waals surface area contributed by atoms with E-state index in [1.54, 1.807) is 50.6 Å². The Morgan fingerprint density at radius 3 is 2.26 bits per heavy atom. The smallest absolute Gasteiger partial charge is 0.257 e. The van der Waals surface area contributed by atoms with Crippen molar-refractivity contribution in [2.24, 2.45) is 0 Å². The van der Waals surface area contributed by atoms with Gasteiger partial charge in [0.25, 0.3) is 5.91 Å². The Labute approximate surface area is 184 Å². The van der Waals surface area contributed by atoms with E-state index < -0.39 is 0 Å². The van der Waals surface area contributed by atoms with Crippen LogP contribution in [0.5, 0.6) is 11.5 Å². The van der Waals surface area contributed by atoms with Gasteiger partial charge in [0, 0.05) is 16.1 Å². The van der Waals surface area contributed by atoms with Gasteiger partial charge in [0.2, 0.25) is 5.91 Å². The van der Waals surface area contributed by atoms with Crippen LogP contribution in [0.4, 0.5) is 10.8 Å². The predicted molar refractivity (Wildman–Crippen MR) is 120 cm³/mol. The minimum Gasteiger partial charge on any atom is -0.497 e. The molecule has 2 aromatic carbocycles. The molecule has 7 nitrogen and oxygen atoms in total. The Bertz CT molecular complexity index is 1080. The van der Waals surface area contributed by atoms with Gasteiger partial charge >= 0.3 is 0 Å². The highest BCUT2D eigenvalue weighted by molar-refractivity contribution is 7.16. The molecular formula is C23H23N3O4S. The van der Waals surface area contributed by atoms with Crippen LogP contribution in [0.15, 0.2) is 48.5 Å². The van der Waals surface area contributed by atoms with E-state index in [1.807, 2.05) is 12.1 Å². The van der Waals surface area contributed by atoms with Crippen molar-refractivity contribution in [3.8, 4) is 11.5 Å². The highest BCUT2D eigenvalue weighted by Crippen LogP contribution is 2.37. The molecule has 2 amide bonds. The van der Waals surface area contributed by atoms with Gasteiger partial charge < -0.3 is 14.8 Å². The third kappa shape index (κ3) is 4.69. The van der Waals surface area contributed by atoms with Gasteiger partial charge in [-0.1, -0.05) is 0 Å². The summed E-state index contributed by atoms with van der Waals surface area (Å²) in [6, 6.07) is 14.1. The molecule has 0 bridgehead atoms. The minimum atomic E-state index is -0.339. The Kier molecular flexibility index (Phi) is 6.18. The third-order valence-corrected chi connectivity index (χ3v) is 6.25. The number of ether oxygens (including phenoxy) is 2. The summed E-state index contributed by atoms with van der Waals surface area (Å²) in [6.07, 6.45) is 2.49. The van der Waals surface area contributed by atoms with Crippen molar-refractivity contribution in [1.29, 1.82) is 0 Å². The molecule has 0 fully saturated rings. The molecule has 4 rings (SSSR count). The van der Waals surface area contributed by atoms with Gasteiger partial charge in [-0.2, -0.15) is 0 Å². The summed E-state index contributed by atoms with van der Waals surface area (Å²) in [5, 5.41) is 6.33. The molecule has 0 saturated carbocycles. The highest BCUT2D eigenvalue weighted by atomic mass is 32.1. The van der Waals surface area contributed by atoms with Gasteiger partial charge in [0.05, 0.1) is 25.8 Å². The fourth-order valence-corrected chi connectivity index (χ4v) is 4.60. The van der Waals surface area contributed by atoms with Crippen LogP contribution in [0.2, 0.25) is 0 Å². The number of benzene rings is 2. The molecule has 160 valence electrons. The second-order valence-corrected chi connectivity index (χ2v) is 8.26. The molecule has 1 unspecified atom stereocenters. The molecule has 3 aromatic rings.